The molecule has 0 bridgehead atoms. The summed E-state index contributed by atoms with van der Waals surface area (Å²) in [5, 5.41) is 10.1. The molecule has 0 fully saturated rings. The van der Waals surface area contributed by atoms with Crippen molar-refractivity contribution in [3.63, 3.8) is 0 Å². The molecule has 3 aromatic heterocycles. The molecule has 86 valence electrons. The molecule has 17 heavy (non-hydrogen) atoms. The van der Waals surface area contributed by atoms with Gasteiger partial charge in [-0.15, -0.1) is 16.4 Å². The Kier molecular flexibility index (Phi) is 2.38. The zero-order valence-electron chi connectivity index (χ0n) is 9.29. The summed E-state index contributed by atoms with van der Waals surface area (Å²) in [6.07, 6.45) is 3.68. The molecule has 0 unspecified atom stereocenters. The Labute approximate surface area is 102 Å². The van der Waals surface area contributed by atoms with Gasteiger partial charge in [0.25, 0.3) is 0 Å². The lowest BCUT2D eigenvalue weighted by Gasteiger charge is -2.01. The Morgan fingerprint density at radius 3 is 3.18 bits per heavy atom. The van der Waals surface area contributed by atoms with Crippen LogP contribution in [0.4, 0.5) is 0 Å². The average Bonchev–Trinajstić information content (AvgIpc) is 2.88. The summed E-state index contributed by atoms with van der Waals surface area (Å²) in [6.45, 7) is 2.44. The number of imidazole rings is 1. The van der Waals surface area contributed by atoms with Crippen molar-refractivity contribution in [2.24, 2.45) is 5.73 Å². The first-order valence-corrected chi connectivity index (χ1v) is 6.12. The fraction of sp³-hybridized carbons (Fsp3) is 0.182. The summed E-state index contributed by atoms with van der Waals surface area (Å²) in [5.74, 6) is 0. The van der Waals surface area contributed by atoms with Crippen LogP contribution in [0.25, 0.3) is 16.3 Å². The van der Waals surface area contributed by atoms with Gasteiger partial charge >= 0.3 is 0 Å². The smallest absolute Gasteiger partial charge is 0.194 e. The SMILES string of the molecule is Cc1nc2sccn2c1-c1cc(CN)cnn1. The lowest BCUT2D eigenvalue weighted by atomic mass is 10.2. The molecule has 6 heteroatoms. The van der Waals surface area contributed by atoms with Crippen molar-refractivity contribution in [1.82, 2.24) is 19.6 Å². The van der Waals surface area contributed by atoms with Crippen molar-refractivity contribution in [3.8, 4) is 11.4 Å². The second-order valence-electron chi connectivity index (χ2n) is 3.75. The Balaban J connectivity index is 2.25. The lowest BCUT2D eigenvalue weighted by Crippen LogP contribution is -2.00. The molecule has 0 aliphatic rings. The van der Waals surface area contributed by atoms with E-state index in [1.54, 1.807) is 17.5 Å². The maximum atomic E-state index is 5.61. The van der Waals surface area contributed by atoms with Gasteiger partial charge in [-0.3, -0.25) is 4.40 Å². The topological polar surface area (TPSA) is 69.1 Å². The van der Waals surface area contributed by atoms with Crippen molar-refractivity contribution in [1.29, 1.82) is 0 Å². The highest BCUT2D eigenvalue weighted by molar-refractivity contribution is 7.15. The molecule has 0 aliphatic heterocycles. The van der Waals surface area contributed by atoms with E-state index in [4.69, 9.17) is 5.73 Å². The molecule has 0 atom stereocenters. The highest BCUT2D eigenvalue weighted by Gasteiger charge is 2.13. The standard InChI is InChI=1S/C11H11N5S/c1-7-10(16-2-3-17-11(16)14-7)9-4-8(5-12)6-13-15-9/h2-4,6H,5,12H2,1H3. The molecule has 3 aromatic rings. The first-order chi connectivity index (χ1) is 8.29. The number of hydrogen-bond acceptors (Lipinski definition) is 5. The van der Waals surface area contributed by atoms with Gasteiger partial charge < -0.3 is 5.73 Å². The molecule has 0 radical (unpaired) electrons. The highest BCUT2D eigenvalue weighted by atomic mass is 32.1. The molecule has 0 saturated carbocycles. The van der Waals surface area contributed by atoms with E-state index < -0.39 is 0 Å². The number of hydrogen-bond donors (Lipinski definition) is 1. The minimum atomic E-state index is 0.465. The monoisotopic (exact) mass is 245 g/mol. The number of thiazole rings is 1. The fourth-order valence-corrected chi connectivity index (χ4v) is 2.60. The van der Waals surface area contributed by atoms with Crippen molar-refractivity contribution in [2.75, 3.05) is 0 Å². The predicted octanol–water partition coefficient (Wildman–Crippen LogP) is 1.62. The third kappa shape index (κ3) is 1.62. The predicted molar refractivity (Wildman–Crippen MR) is 66.7 cm³/mol. The Hall–Kier alpha value is -1.79. The van der Waals surface area contributed by atoms with Crippen LogP contribution in [-0.4, -0.2) is 19.6 Å². The van der Waals surface area contributed by atoms with E-state index in [0.29, 0.717) is 6.54 Å². The number of rotatable bonds is 2. The number of nitrogens with two attached hydrogens (primary N) is 1. The van der Waals surface area contributed by atoms with Crippen LogP contribution in [0.1, 0.15) is 11.3 Å². The first kappa shape index (κ1) is 10.4. The lowest BCUT2D eigenvalue weighted by molar-refractivity contribution is 0.963. The van der Waals surface area contributed by atoms with Crippen LogP contribution in [0.15, 0.2) is 23.8 Å². The minimum absolute atomic E-state index is 0.465. The van der Waals surface area contributed by atoms with Crippen LogP contribution < -0.4 is 5.73 Å². The Morgan fingerprint density at radius 2 is 2.35 bits per heavy atom. The molecule has 2 N–H and O–H groups in total. The molecule has 5 nitrogen and oxygen atoms in total. The average molecular weight is 245 g/mol. The largest absolute Gasteiger partial charge is 0.326 e. The Bertz CT molecular complexity index is 669. The molecular formula is C11H11N5S. The molecule has 0 saturated heterocycles. The summed E-state index contributed by atoms with van der Waals surface area (Å²) in [4.78, 5) is 5.46. The zero-order valence-corrected chi connectivity index (χ0v) is 10.1. The normalized spacial score (nSPS) is 11.2. The number of aromatic nitrogens is 4. The quantitative estimate of drug-likeness (QED) is 0.745. The van der Waals surface area contributed by atoms with Crippen LogP contribution in [0.3, 0.4) is 0 Å². The summed E-state index contributed by atoms with van der Waals surface area (Å²) in [5.41, 5.74) is 9.35. The van der Waals surface area contributed by atoms with Crippen LogP contribution >= 0.6 is 11.3 Å². The van der Waals surface area contributed by atoms with Crippen molar-refractivity contribution < 1.29 is 0 Å². The molecule has 0 aliphatic carbocycles. The third-order valence-electron chi connectivity index (χ3n) is 2.63. The van der Waals surface area contributed by atoms with E-state index in [9.17, 15) is 0 Å². The maximum absolute atomic E-state index is 5.61. The highest BCUT2D eigenvalue weighted by Crippen LogP contribution is 2.25. The van der Waals surface area contributed by atoms with Gasteiger partial charge in [-0.25, -0.2) is 4.98 Å². The third-order valence-corrected chi connectivity index (χ3v) is 3.38. The van der Waals surface area contributed by atoms with E-state index in [0.717, 1.165) is 27.6 Å². The van der Waals surface area contributed by atoms with E-state index in [1.165, 1.54) is 0 Å². The van der Waals surface area contributed by atoms with Crippen molar-refractivity contribution in [2.45, 2.75) is 13.5 Å². The molecule has 3 heterocycles. The van der Waals surface area contributed by atoms with Gasteiger partial charge in [-0.1, -0.05) is 0 Å². The molecule has 0 spiro atoms. The molecule has 3 rings (SSSR count). The van der Waals surface area contributed by atoms with Gasteiger partial charge in [0, 0.05) is 18.1 Å². The number of aryl methyl sites for hydroxylation is 1. The van der Waals surface area contributed by atoms with Gasteiger partial charge in [0.15, 0.2) is 4.96 Å². The number of fused-ring (bicyclic) bond motifs is 1. The summed E-state index contributed by atoms with van der Waals surface area (Å²) < 4.78 is 2.03. The fourth-order valence-electron chi connectivity index (χ4n) is 1.84. The molecule has 0 aromatic carbocycles. The van der Waals surface area contributed by atoms with Gasteiger partial charge in [0.1, 0.15) is 5.69 Å². The van der Waals surface area contributed by atoms with Crippen LogP contribution in [0, 0.1) is 6.92 Å². The van der Waals surface area contributed by atoms with Crippen molar-refractivity contribution in [3.05, 3.63) is 35.1 Å². The summed E-state index contributed by atoms with van der Waals surface area (Å²) >= 11 is 1.61. The zero-order chi connectivity index (χ0) is 11.8. The molecular weight excluding hydrogens is 234 g/mol. The van der Waals surface area contributed by atoms with Crippen LogP contribution in [-0.2, 0) is 6.54 Å². The summed E-state index contributed by atoms with van der Waals surface area (Å²) in [6, 6.07) is 1.96. The van der Waals surface area contributed by atoms with Gasteiger partial charge in [-0.2, -0.15) is 5.10 Å². The van der Waals surface area contributed by atoms with Crippen LogP contribution in [0.2, 0.25) is 0 Å². The van der Waals surface area contributed by atoms with E-state index in [1.807, 2.05) is 29.0 Å². The first-order valence-electron chi connectivity index (χ1n) is 5.24. The second-order valence-corrected chi connectivity index (χ2v) is 4.63. The van der Waals surface area contributed by atoms with Gasteiger partial charge in [0.05, 0.1) is 17.6 Å². The van der Waals surface area contributed by atoms with Crippen molar-refractivity contribution >= 4 is 16.3 Å². The van der Waals surface area contributed by atoms with E-state index in [-0.39, 0.29) is 0 Å². The van der Waals surface area contributed by atoms with E-state index >= 15 is 0 Å². The molecule has 0 amide bonds. The summed E-state index contributed by atoms with van der Waals surface area (Å²) in [7, 11) is 0. The van der Waals surface area contributed by atoms with Crippen LogP contribution in [0.5, 0.6) is 0 Å². The maximum Gasteiger partial charge on any atom is 0.194 e. The Morgan fingerprint density at radius 1 is 1.47 bits per heavy atom. The van der Waals surface area contributed by atoms with E-state index in [2.05, 4.69) is 15.2 Å². The van der Waals surface area contributed by atoms with Gasteiger partial charge in [0.2, 0.25) is 0 Å². The number of nitrogens with zero attached hydrogens (tertiary/aromatic N) is 4. The second kappa shape index (κ2) is 3.90. The minimum Gasteiger partial charge on any atom is -0.326 e. The van der Waals surface area contributed by atoms with Gasteiger partial charge in [-0.05, 0) is 18.6 Å².